The first-order valence-electron chi connectivity index (χ1n) is 16.3. The monoisotopic (exact) mass is 637 g/mol. The molecule has 0 radical (unpaired) electrons. The van der Waals surface area contributed by atoms with Gasteiger partial charge in [-0.05, 0) is 71.2 Å². The minimum Gasteiger partial charge on any atom is -0.400 e. The smallest absolute Gasteiger partial charge is 0.262 e. The van der Waals surface area contributed by atoms with Crippen molar-refractivity contribution in [3.05, 3.63) is 59.7 Å². The summed E-state index contributed by atoms with van der Waals surface area (Å²) in [6, 6.07) is 7.93. The van der Waals surface area contributed by atoms with Crippen LogP contribution in [-0.2, 0) is 9.53 Å². The summed E-state index contributed by atoms with van der Waals surface area (Å²) < 4.78 is 6.27. The first kappa shape index (κ1) is 36.5. The number of fused-ring (bicyclic) bond motifs is 1. The normalized spacial score (nSPS) is 20.6. The molecule has 1 spiro atoms. The van der Waals surface area contributed by atoms with Crippen molar-refractivity contribution in [2.24, 2.45) is 5.73 Å². The Morgan fingerprint density at radius 1 is 1.22 bits per heavy atom. The number of ether oxygens (including phenoxy) is 1. The van der Waals surface area contributed by atoms with Crippen LogP contribution in [0.2, 0.25) is 0 Å². The van der Waals surface area contributed by atoms with Crippen LogP contribution >= 0.6 is 0 Å². The van der Waals surface area contributed by atoms with E-state index >= 15 is 0 Å². The lowest BCUT2D eigenvalue weighted by Crippen LogP contribution is -2.62. The summed E-state index contributed by atoms with van der Waals surface area (Å²) in [5, 5.41) is 6.42. The van der Waals surface area contributed by atoms with Gasteiger partial charge in [0.2, 0.25) is 5.95 Å². The number of likely N-dealkylation sites (tertiary alicyclic amines) is 1. The van der Waals surface area contributed by atoms with Crippen LogP contribution in [0.5, 0.6) is 0 Å². The number of benzene rings is 1. The van der Waals surface area contributed by atoms with Crippen LogP contribution < -0.4 is 27.4 Å². The Morgan fingerprint density at radius 2 is 1.96 bits per heavy atom. The summed E-state index contributed by atoms with van der Waals surface area (Å²) in [6.07, 6.45) is 9.38. The summed E-state index contributed by atoms with van der Waals surface area (Å²) in [4.78, 5) is 41.0. The number of carbonyl (C=O) groups is 2. The summed E-state index contributed by atoms with van der Waals surface area (Å²) in [5.74, 6) is 0.460. The van der Waals surface area contributed by atoms with Gasteiger partial charge in [0.25, 0.3) is 11.8 Å². The van der Waals surface area contributed by atoms with Crippen LogP contribution in [0.25, 0.3) is 6.08 Å². The van der Waals surface area contributed by atoms with E-state index in [1.165, 1.54) is 0 Å². The maximum atomic E-state index is 13.6. The lowest BCUT2D eigenvalue weighted by atomic mass is 9.88. The van der Waals surface area contributed by atoms with Crippen LogP contribution in [0.3, 0.4) is 0 Å². The Bertz CT molecular complexity index is 1390. The van der Waals surface area contributed by atoms with Crippen molar-refractivity contribution in [1.82, 2.24) is 25.9 Å². The number of hydrogen-bond donors (Lipinski definition) is 4. The second-order valence-electron chi connectivity index (χ2n) is 11.9. The van der Waals surface area contributed by atoms with Crippen LogP contribution in [0.15, 0.2) is 48.4 Å². The zero-order valence-corrected chi connectivity index (χ0v) is 28.4. The molecule has 2 fully saturated rings. The summed E-state index contributed by atoms with van der Waals surface area (Å²) >= 11 is 0. The second-order valence-corrected chi connectivity index (χ2v) is 11.9. The average Bonchev–Trinajstić information content (AvgIpc) is 3.03. The number of nitrogens with zero attached hydrogens (tertiary/aromatic N) is 5. The van der Waals surface area contributed by atoms with E-state index in [2.05, 4.69) is 39.3 Å². The number of anilines is 3. The highest BCUT2D eigenvalue weighted by molar-refractivity contribution is 6.08. The van der Waals surface area contributed by atoms with Crippen molar-refractivity contribution in [1.29, 1.82) is 0 Å². The molecule has 2 amide bonds. The zero-order chi connectivity index (χ0) is 32.6. The molecule has 0 aliphatic carbocycles. The van der Waals surface area contributed by atoms with E-state index in [0.717, 1.165) is 37.3 Å². The molecule has 2 saturated heterocycles. The Labute approximate surface area is 275 Å². The van der Waals surface area contributed by atoms with E-state index in [0.29, 0.717) is 55.5 Å². The Kier molecular flexibility index (Phi) is 13.1. The largest absolute Gasteiger partial charge is 0.400 e. The van der Waals surface area contributed by atoms with Gasteiger partial charge in [-0.25, -0.2) is 9.97 Å². The molecule has 46 heavy (non-hydrogen) atoms. The van der Waals surface area contributed by atoms with Gasteiger partial charge >= 0.3 is 0 Å². The Hall–Kier alpha value is -4.00. The maximum absolute atomic E-state index is 13.6. The third-order valence-corrected chi connectivity index (χ3v) is 8.32. The molecule has 0 saturated carbocycles. The third-order valence-electron chi connectivity index (χ3n) is 8.32. The number of piperidine rings is 1. The summed E-state index contributed by atoms with van der Waals surface area (Å²) in [6.45, 7) is 16.2. The lowest BCUT2D eigenvalue weighted by Gasteiger charge is -2.50. The number of aromatic nitrogens is 2. The highest BCUT2D eigenvalue weighted by atomic mass is 16.5. The van der Waals surface area contributed by atoms with Gasteiger partial charge in [0, 0.05) is 69.7 Å². The molecule has 5 rings (SSSR count). The third kappa shape index (κ3) is 8.62. The average molecular weight is 638 g/mol. The molecular weight excluding hydrogens is 582 g/mol. The van der Waals surface area contributed by atoms with Crippen molar-refractivity contribution >= 4 is 35.2 Å². The first-order valence-corrected chi connectivity index (χ1v) is 16.3. The molecule has 0 bridgehead atoms. The molecule has 4 heterocycles. The van der Waals surface area contributed by atoms with E-state index in [9.17, 15) is 9.59 Å². The number of nitrogens with two attached hydrogens (primary N) is 1. The molecule has 0 unspecified atom stereocenters. The molecule has 254 valence electrons. The molecule has 3 aliphatic heterocycles. The number of rotatable bonds is 8. The highest BCUT2D eigenvalue weighted by Gasteiger charge is 2.45. The molecule has 2 aromatic rings. The number of amides is 2. The molecule has 12 heteroatoms. The number of nitrogens with one attached hydrogen (secondary N) is 2. The first-order chi connectivity index (χ1) is 21.7. The molecule has 3 aliphatic rings. The minimum atomic E-state index is -0.405. The van der Waals surface area contributed by atoms with Crippen molar-refractivity contribution in [2.45, 2.75) is 78.6 Å². The quantitative estimate of drug-likeness (QED) is 0.306. The predicted octanol–water partition coefficient (Wildman–Crippen LogP) is 5.11. The van der Waals surface area contributed by atoms with Crippen molar-refractivity contribution in [2.75, 3.05) is 54.8 Å². The van der Waals surface area contributed by atoms with E-state index < -0.39 is 6.10 Å². The van der Waals surface area contributed by atoms with Gasteiger partial charge in [0.05, 0.1) is 23.4 Å². The molecule has 1 aromatic heterocycles. The SMILES string of the molecule is CC.CCNc1ncc2c(n1)/C=C\CCN(c1cccc(N/C=C(\N)CN3CCC4(CC3)CN(C(C)C)C(=O)[C@@H](C)O4)c1)C2=O.N.[HH]. The number of carbonyl (C=O) groups excluding carboxylic acids is 2. The van der Waals surface area contributed by atoms with Gasteiger partial charge in [-0.15, -0.1) is 0 Å². The van der Waals surface area contributed by atoms with Gasteiger partial charge in [0.1, 0.15) is 6.10 Å². The Balaban J connectivity index is 0.00000188. The van der Waals surface area contributed by atoms with Crippen molar-refractivity contribution in [3.8, 4) is 0 Å². The van der Waals surface area contributed by atoms with Crippen LogP contribution in [0.1, 0.15) is 78.3 Å². The second kappa shape index (κ2) is 16.5. The fourth-order valence-electron chi connectivity index (χ4n) is 5.98. The standard InChI is InChI=1S/C32H44N8O3.C2H6.H3N.H2/c1-5-34-31-36-19-27-28(37-31)11-6-7-14-39(30(27)42)26-10-8-9-25(17-26)35-18-24(33)20-38-15-12-32(13-16-38)21-40(22(2)3)29(41)23(4)43-32;1-2;;/h6,8-11,17-19,22-23,35H,5,7,12-16,20-21,33H2,1-4H3,(H,34,36,37);1-2H3;1H3;1H/b11-6-,24-18-;;;/t23-;;;/m1.../s1. The summed E-state index contributed by atoms with van der Waals surface area (Å²) in [5.41, 5.74) is 9.58. The minimum absolute atomic E-state index is 0. The van der Waals surface area contributed by atoms with Gasteiger partial charge in [-0.2, -0.15) is 0 Å². The number of morpholine rings is 1. The molecule has 7 N–H and O–H groups in total. The van der Waals surface area contributed by atoms with Crippen molar-refractivity contribution < 1.29 is 15.8 Å². The summed E-state index contributed by atoms with van der Waals surface area (Å²) in [7, 11) is 0. The predicted molar refractivity (Wildman–Crippen MR) is 188 cm³/mol. The molecular formula is C34H55N9O3. The van der Waals surface area contributed by atoms with E-state index in [4.69, 9.17) is 10.5 Å². The van der Waals surface area contributed by atoms with Crippen LogP contribution in [0, 0.1) is 0 Å². The van der Waals surface area contributed by atoms with E-state index in [1.54, 1.807) is 11.1 Å². The topological polar surface area (TPSA) is 164 Å². The van der Waals surface area contributed by atoms with Gasteiger partial charge in [-0.1, -0.05) is 26.0 Å². The molecule has 12 nitrogen and oxygen atoms in total. The lowest BCUT2D eigenvalue weighted by molar-refractivity contribution is -0.192. The van der Waals surface area contributed by atoms with Gasteiger partial charge < -0.3 is 37.1 Å². The van der Waals surface area contributed by atoms with Gasteiger partial charge in [0.15, 0.2) is 0 Å². The van der Waals surface area contributed by atoms with Crippen molar-refractivity contribution in [3.63, 3.8) is 0 Å². The van der Waals surface area contributed by atoms with Crippen LogP contribution in [-0.4, -0.2) is 88.6 Å². The van der Waals surface area contributed by atoms with E-state index in [1.807, 2.05) is 75.2 Å². The fraction of sp³-hybridized carbons (Fsp3) is 0.529. The Morgan fingerprint density at radius 3 is 2.65 bits per heavy atom. The van der Waals surface area contributed by atoms with Crippen LogP contribution in [0.4, 0.5) is 17.3 Å². The maximum Gasteiger partial charge on any atom is 0.262 e. The highest BCUT2D eigenvalue weighted by Crippen LogP contribution is 2.34. The molecule has 1 aromatic carbocycles. The number of hydrogen-bond acceptors (Lipinski definition) is 10. The van der Waals surface area contributed by atoms with Gasteiger partial charge in [-0.3, -0.25) is 14.5 Å². The fourth-order valence-corrected chi connectivity index (χ4v) is 5.98. The zero-order valence-electron chi connectivity index (χ0n) is 28.4. The van der Waals surface area contributed by atoms with E-state index in [-0.39, 0.29) is 31.0 Å². The molecule has 1 atom stereocenters.